The van der Waals surface area contributed by atoms with Gasteiger partial charge in [-0.1, -0.05) is 28.1 Å². The number of carbonyl (C=O) groups excluding carboxylic acids is 1. The van der Waals surface area contributed by atoms with E-state index in [1.54, 1.807) is 24.3 Å². The molecule has 1 amide bonds. The number of nitro benzene ring substituents is 1. The van der Waals surface area contributed by atoms with Crippen LogP contribution in [0.1, 0.15) is 11.3 Å². The first-order valence-electron chi connectivity index (χ1n) is 8.50. The summed E-state index contributed by atoms with van der Waals surface area (Å²) in [5.41, 5.74) is 4.33. The van der Waals surface area contributed by atoms with Gasteiger partial charge in [0.05, 0.1) is 16.9 Å². The second-order valence-corrected chi connectivity index (χ2v) is 7.82. The molecule has 0 spiro atoms. The van der Waals surface area contributed by atoms with Gasteiger partial charge in [-0.25, -0.2) is 5.43 Å². The van der Waals surface area contributed by atoms with Gasteiger partial charge in [-0.3, -0.25) is 14.9 Å². The summed E-state index contributed by atoms with van der Waals surface area (Å²) in [6.45, 7) is 0. The first-order chi connectivity index (χ1) is 14.0. The maximum atomic E-state index is 11.9. The van der Waals surface area contributed by atoms with Crippen molar-refractivity contribution in [2.75, 3.05) is 5.75 Å². The van der Waals surface area contributed by atoms with E-state index in [0.717, 1.165) is 15.8 Å². The third-order valence-electron chi connectivity index (χ3n) is 3.76. The molecule has 9 heteroatoms. The number of halogens is 1. The second-order valence-electron chi connectivity index (χ2n) is 5.92. The van der Waals surface area contributed by atoms with Crippen LogP contribution in [-0.4, -0.2) is 22.8 Å². The lowest BCUT2D eigenvalue weighted by molar-refractivity contribution is -0.384. The molecule has 0 aliphatic rings. The highest BCUT2D eigenvalue weighted by Gasteiger charge is 2.08. The van der Waals surface area contributed by atoms with Crippen LogP contribution < -0.4 is 5.43 Å². The number of amides is 1. The van der Waals surface area contributed by atoms with Crippen LogP contribution in [0.2, 0.25) is 0 Å². The van der Waals surface area contributed by atoms with Gasteiger partial charge in [0, 0.05) is 27.9 Å². The minimum atomic E-state index is -0.455. The average molecular weight is 474 g/mol. The molecule has 0 bridgehead atoms. The number of nitrogens with zero attached hydrogens (tertiary/aromatic N) is 2. The number of non-ortho nitro benzene ring substituents is 1. The van der Waals surface area contributed by atoms with Gasteiger partial charge >= 0.3 is 0 Å². The summed E-state index contributed by atoms with van der Waals surface area (Å²) >= 11 is 4.92. The van der Waals surface area contributed by atoms with Crippen LogP contribution >= 0.6 is 27.7 Å². The fraction of sp³-hybridized carbons (Fsp3) is 0.100. The summed E-state index contributed by atoms with van der Waals surface area (Å²) in [6.07, 6.45) is 1.41. The van der Waals surface area contributed by atoms with E-state index in [1.165, 1.54) is 30.1 Å². The molecule has 1 aromatic heterocycles. The van der Waals surface area contributed by atoms with Gasteiger partial charge in [0.1, 0.15) is 11.5 Å². The zero-order chi connectivity index (χ0) is 20.6. The number of hydrogen-bond donors (Lipinski definition) is 1. The molecule has 0 saturated carbocycles. The Labute approximate surface area is 179 Å². The molecule has 1 N–H and O–H groups in total. The van der Waals surface area contributed by atoms with Gasteiger partial charge in [0.15, 0.2) is 0 Å². The number of thioether (sulfide) groups is 1. The molecule has 0 fully saturated rings. The summed E-state index contributed by atoms with van der Waals surface area (Å²) in [5.74, 6) is 1.82. The fourth-order valence-corrected chi connectivity index (χ4v) is 3.63. The molecule has 0 saturated heterocycles. The van der Waals surface area contributed by atoms with Gasteiger partial charge in [0.25, 0.3) is 5.69 Å². The highest BCUT2D eigenvalue weighted by atomic mass is 79.9. The Morgan fingerprint density at radius 2 is 2.00 bits per heavy atom. The van der Waals surface area contributed by atoms with Crippen molar-refractivity contribution in [3.63, 3.8) is 0 Å². The van der Waals surface area contributed by atoms with Crippen LogP contribution in [-0.2, 0) is 10.5 Å². The SMILES string of the molecule is O=C(CSCc1cccc(Br)c1)N/N=C\c1ccc(-c2ccc([N+](=O)[O-])cc2)o1. The van der Waals surface area contributed by atoms with Crippen molar-refractivity contribution in [1.29, 1.82) is 0 Å². The minimum Gasteiger partial charge on any atom is -0.455 e. The molecule has 0 atom stereocenters. The summed E-state index contributed by atoms with van der Waals surface area (Å²) in [7, 11) is 0. The molecule has 7 nitrogen and oxygen atoms in total. The Balaban J connectivity index is 1.46. The minimum absolute atomic E-state index is 0.0163. The molecule has 0 unspecified atom stereocenters. The maximum Gasteiger partial charge on any atom is 0.269 e. The van der Waals surface area contributed by atoms with Gasteiger partial charge < -0.3 is 4.42 Å². The fourth-order valence-electron chi connectivity index (χ4n) is 2.41. The number of nitro groups is 1. The van der Waals surface area contributed by atoms with Crippen LogP contribution in [0.5, 0.6) is 0 Å². The Kier molecular flexibility index (Phi) is 7.20. The van der Waals surface area contributed by atoms with Gasteiger partial charge in [-0.15, -0.1) is 11.8 Å². The lowest BCUT2D eigenvalue weighted by Crippen LogP contribution is -2.19. The Bertz CT molecular complexity index is 1030. The predicted octanol–water partition coefficient (Wildman–Crippen LogP) is 5.00. The number of hydrazone groups is 1. The molecule has 3 aromatic rings. The summed E-state index contributed by atoms with van der Waals surface area (Å²) < 4.78 is 6.63. The number of furan rings is 1. The molecule has 3 rings (SSSR count). The van der Waals surface area contributed by atoms with Crippen LogP contribution in [0, 0.1) is 10.1 Å². The number of hydrogen-bond acceptors (Lipinski definition) is 6. The van der Waals surface area contributed by atoms with Crippen molar-refractivity contribution in [3.8, 4) is 11.3 Å². The van der Waals surface area contributed by atoms with Crippen LogP contribution in [0.25, 0.3) is 11.3 Å². The van der Waals surface area contributed by atoms with Crippen molar-refractivity contribution in [1.82, 2.24) is 5.43 Å². The predicted molar refractivity (Wildman–Crippen MR) is 117 cm³/mol. The molecule has 0 aliphatic carbocycles. The quantitative estimate of drug-likeness (QED) is 0.282. The number of rotatable bonds is 8. The highest BCUT2D eigenvalue weighted by molar-refractivity contribution is 9.10. The molecule has 2 aromatic carbocycles. The van der Waals surface area contributed by atoms with E-state index in [-0.39, 0.29) is 17.3 Å². The van der Waals surface area contributed by atoms with Crippen molar-refractivity contribution in [3.05, 3.63) is 86.6 Å². The van der Waals surface area contributed by atoms with E-state index in [0.29, 0.717) is 17.1 Å². The zero-order valence-corrected chi connectivity index (χ0v) is 17.5. The molecule has 148 valence electrons. The lowest BCUT2D eigenvalue weighted by Gasteiger charge is -2.02. The Morgan fingerprint density at radius 1 is 1.21 bits per heavy atom. The van der Waals surface area contributed by atoms with Gasteiger partial charge in [0.2, 0.25) is 5.91 Å². The summed E-state index contributed by atoms with van der Waals surface area (Å²) in [6, 6.07) is 17.4. The Hall–Kier alpha value is -2.91. The molecular weight excluding hydrogens is 458 g/mol. The smallest absolute Gasteiger partial charge is 0.269 e. The summed E-state index contributed by atoms with van der Waals surface area (Å²) in [5, 5.41) is 14.6. The Morgan fingerprint density at radius 3 is 2.72 bits per heavy atom. The first-order valence-corrected chi connectivity index (χ1v) is 10.4. The van der Waals surface area contributed by atoms with Crippen molar-refractivity contribution in [2.24, 2.45) is 5.10 Å². The molecule has 0 radical (unpaired) electrons. The third kappa shape index (κ3) is 6.30. The summed E-state index contributed by atoms with van der Waals surface area (Å²) in [4.78, 5) is 22.1. The number of carbonyl (C=O) groups is 1. The third-order valence-corrected chi connectivity index (χ3v) is 5.26. The van der Waals surface area contributed by atoms with Crippen LogP contribution in [0.4, 0.5) is 5.69 Å². The molecule has 29 heavy (non-hydrogen) atoms. The van der Waals surface area contributed by atoms with E-state index in [1.807, 2.05) is 24.3 Å². The van der Waals surface area contributed by atoms with Gasteiger partial charge in [-0.2, -0.15) is 5.10 Å². The van der Waals surface area contributed by atoms with Crippen molar-refractivity contribution >= 4 is 45.5 Å². The van der Waals surface area contributed by atoms with Gasteiger partial charge in [-0.05, 0) is 42.0 Å². The molecule has 0 aliphatic heterocycles. The van der Waals surface area contributed by atoms with E-state index in [2.05, 4.69) is 26.5 Å². The maximum absolute atomic E-state index is 11.9. The largest absolute Gasteiger partial charge is 0.455 e. The highest BCUT2D eigenvalue weighted by Crippen LogP contribution is 2.24. The van der Waals surface area contributed by atoms with Crippen LogP contribution in [0.15, 0.2) is 74.7 Å². The zero-order valence-electron chi connectivity index (χ0n) is 15.1. The second kappa shape index (κ2) is 10.0. The average Bonchev–Trinajstić information content (AvgIpc) is 3.17. The van der Waals surface area contributed by atoms with Crippen molar-refractivity contribution in [2.45, 2.75) is 5.75 Å². The monoisotopic (exact) mass is 473 g/mol. The van der Waals surface area contributed by atoms with E-state index in [9.17, 15) is 14.9 Å². The normalized spacial score (nSPS) is 10.9. The molecular formula is C20H16BrN3O4S. The van der Waals surface area contributed by atoms with E-state index >= 15 is 0 Å². The lowest BCUT2D eigenvalue weighted by atomic mass is 10.1. The van der Waals surface area contributed by atoms with E-state index in [4.69, 9.17) is 4.42 Å². The first kappa shape index (κ1) is 20.8. The number of benzene rings is 2. The van der Waals surface area contributed by atoms with E-state index < -0.39 is 4.92 Å². The van der Waals surface area contributed by atoms with Crippen molar-refractivity contribution < 1.29 is 14.1 Å². The number of nitrogens with one attached hydrogen (secondary N) is 1. The van der Waals surface area contributed by atoms with Crippen LogP contribution in [0.3, 0.4) is 0 Å². The standard InChI is InChI=1S/C20H16BrN3O4S/c21-16-3-1-2-14(10-16)12-29-13-20(25)23-22-11-18-8-9-19(28-18)15-4-6-17(7-5-15)24(26)27/h1-11H,12-13H2,(H,23,25)/b22-11-. The topological polar surface area (TPSA) is 97.7 Å². The molecule has 1 heterocycles.